The van der Waals surface area contributed by atoms with Crippen LogP contribution in [0.1, 0.15) is 15.2 Å². The van der Waals surface area contributed by atoms with Crippen LogP contribution in [0.15, 0.2) is 30.3 Å². The third kappa shape index (κ3) is 3.37. The minimum Gasteiger partial charge on any atom is -0.454 e. The molecule has 0 unspecified atom stereocenters. The summed E-state index contributed by atoms with van der Waals surface area (Å²) in [5.41, 5.74) is 0.635. The highest BCUT2D eigenvalue weighted by Crippen LogP contribution is 2.32. The van der Waals surface area contributed by atoms with Gasteiger partial charge in [0.1, 0.15) is 0 Å². The van der Waals surface area contributed by atoms with Crippen molar-refractivity contribution in [2.24, 2.45) is 0 Å². The van der Waals surface area contributed by atoms with Crippen LogP contribution in [-0.4, -0.2) is 31.1 Å². The molecule has 0 bridgehead atoms. The van der Waals surface area contributed by atoms with Gasteiger partial charge in [0.25, 0.3) is 0 Å². The molecular weight excluding hydrogens is 310 g/mol. The number of fused-ring (bicyclic) bond motifs is 1. The summed E-state index contributed by atoms with van der Waals surface area (Å²) in [5.74, 6) is 1.38. The molecule has 0 N–H and O–H groups in total. The number of benzene rings is 1. The Balaban J connectivity index is 1.63. The maximum Gasteiger partial charge on any atom is 0.231 e. The molecule has 4 nitrogen and oxygen atoms in total. The summed E-state index contributed by atoms with van der Waals surface area (Å²) < 4.78 is 11.3. The molecule has 2 heterocycles. The fourth-order valence-corrected chi connectivity index (χ4v) is 3.33. The SMILES string of the molecule is CN(CC(=O)c1ccc2c(c1)OCO2)Cc1ccc(Cl)s1. The number of ketones is 1. The van der Waals surface area contributed by atoms with E-state index in [9.17, 15) is 4.79 Å². The van der Waals surface area contributed by atoms with Crippen molar-refractivity contribution in [1.29, 1.82) is 0 Å². The number of nitrogens with zero attached hydrogens (tertiary/aromatic N) is 1. The van der Waals surface area contributed by atoms with E-state index in [1.54, 1.807) is 18.2 Å². The molecule has 0 saturated heterocycles. The lowest BCUT2D eigenvalue weighted by molar-refractivity contribution is 0.0943. The van der Waals surface area contributed by atoms with Crippen molar-refractivity contribution >= 4 is 28.7 Å². The predicted molar refractivity (Wildman–Crippen MR) is 82.6 cm³/mol. The van der Waals surface area contributed by atoms with E-state index >= 15 is 0 Å². The molecule has 1 aliphatic heterocycles. The maximum atomic E-state index is 12.3. The highest BCUT2D eigenvalue weighted by molar-refractivity contribution is 7.16. The van der Waals surface area contributed by atoms with E-state index in [0.717, 1.165) is 9.21 Å². The first-order valence-electron chi connectivity index (χ1n) is 6.47. The number of hydrogen-bond acceptors (Lipinski definition) is 5. The van der Waals surface area contributed by atoms with E-state index in [0.29, 0.717) is 30.2 Å². The molecule has 1 aromatic carbocycles. The minimum absolute atomic E-state index is 0.0541. The van der Waals surface area contributed by atoms with Crippen LogP contribution in [0.25, 0.3) is 0 Å². The summed E-state index contributed by atoms with van der Waals surface area (Å²) in [7, 11) is 1.92. The molecule has 0 fully saturated rings. The lowest BCUT2D eigenvalue weighted by Crippen LogP contribution is -2.25. The summed E-state index contributed by atoms with van der Waals surface area (Å²) in [4.78, 5) is 15.4. The van der Waals surface area contributed by atoms with Gasteiger partial charge in [-0.05, 0) is 37.4 Å². The standard InChI is InChI=1S/C15H14ClNO3S/c1-17(7-11-3-5-15(16)21-11)8-12(18)10-2-4-13-14(6-10)20-9-19-13/h2-6H,7-9H2,1H3. The van der Waals surface area contributed by atoms with E-state index in [4.69, 9.17) is 21.1 Å². The van der Waals surface area contributed by atoms with Crippen molar-refractivity contribution in [3.63, 3.8) is 0 Å². The highest BCUT2D eigenvalue weighted by atomic mass is 35.5. The summed E-state index contributed by atoms with van der Waals surface area (Å²) in [6, 6.07) is 9.13. The Morgan fingerprint density at radius 1 is 1.29 bits per heavy atom. The molecule has 1 aromatic heterocycles. The van der Waals surface area contributed by atoms with Gasteiger partial charge in [0.2, 0.25) is 6.79 Å². The van der Waals surface area contributed by atoms with Crippen molar-refractivity contribution < 1.29 is 14.3 Å². The first-order chi connectivity index (χ1) is 10.1. The second-order valence-electron chi connectivity index (χ2n) is 4.87. The van der Waals surface area contributed by atoms with Gasteiger partial charge >= 0.3 is 0 Å². The predicted octanol–water partition coefficient (Wildman–Crippen LogP) is 3.44. The van der Waals surface area contributed by atoms with E-state index in [-0.39, 0.29) is 12.6 Å². The molecular formula is C15H14ClNO3S. The second-order valence-corrected chi connectivity index (χ2v) is 6.67. The summed E-state index contributed by atoms with van der Waals surface area (Å²) >= 11 is 7.44. The van der Waals surface area contributed by atoms with E-state index in [2.05, 4.69) is 0 Å². The molecule has 110 valence electrons. The first-order valence-corrected chi connectivity index (χ1v) is 7.67. The Morgan fingerprint density at radius 3 is 2.86 bits per heavy atom. The third-order valence-corrected chi connectivity index (χ3v) is 4.38. The molecule has 2 aromatic rings. The zero-order valence-electron chi connectivity index (χ0n) is 11.5. The average molecular weight is 324 g/mol. The van der Waals surface area contributed by atoms with Crippen molar-refractivity contribution in [1.82, 2.24) is 4.90 Å². The van der Waals surface area contributed by atoms with Crippen LogP contribution < -0.4 is 9.47 Å². The minimum atomic E-state index is 0.0541. The Kier molecular flexibility index (Phi) is 4.14. The van der Waals surface area contributed by atoms with E-state index in [1.165, 1.54) is 11.3 Å². The number of hydrogen-bond donors (Lipinski definition) is 0. The number of thiophene rings is 1. The van der Waals surface area contributed by atoms with Gasteiger partial charge in [-0.1, -0.05) is 11.6 Å². The lowest BCUT2D eigenvalue weighted by atomic mass is 10.1. The lowest BCUT2D eigenvalue weighted by Gasteiger charge is -2.14. The van der Waals surface area contributed by atoms with Crippen molar-refractivity contribution in [3.8, 4) is 11.5 Å². The average Bonchev–Trinajstić information content (AvgIpc) is 3.06. The molecule has 6 heteroatoms. The molecule has 0 atom stereocenters. The zero-order chi connectivity index (χ0) is 14.8. The fraction of sp³-hybridized carbons (Fsp3) is 0.267. The number of ether oxygens (including phenoxy) is 2. The molecule has 1 aliphatic rings. The summed E-state index contributed by atoms with van der Waals surface area (Å²) in [6.45, 7) is 1.26. The number of likely N-dealkylation sites (N-methyl/N-ethyl adjacent to an activating group) is 1. The highest BCUT2D eigenvalue weighted by Gasteiger charge is 2.17. The van der Waals surface area contributed by atoms with Crippen molar-refractivity contribution in [2.45, 2.75) is 6.54 Å². The Hall–Kier alpha value is -1.56. The van der Waals surface area contributed by atoms with Gasteiger partial charge in [0.05, 0.1) is 10.9 Å². The largest absolute Gasteiger partial charge is 0.454 e. The van der Waals surface area contributed by atoms with Gasteiger partial charge in [-0.15, -0.1) is 11.3 Å². The third-order valence-electron chi connectivity index (χ3n) is 3.16. The monoisotopic (exact) mass is 323 g/mol. The van der Waals surface area contributed by atoms with Crippen LogP contribution in [0.4, 0.5) is 0 Å². The zero-order valence-corrected chi connectivity index (χ0v) is 13.0. The summed E-state index contributed by atoms with van der Waals surface area (Å²) in [5, 5.41) is 0. The molecule has 0 amide bonds. The van der Waals surface area contributed by atoms with Crippen molar-refractivity contribution in [3.05, 3.63) is 45.1 Å². The van der Waals surface area contributed by atoms with E-state index in [1.807, 2.05) is 24.1 Å². The second kappa shape index (κ2) is 6.05. The quantitative estimate of drug-likeness (QED) is 0.790. The van der Waals surface area contributed by atoms with Crippen LogP contribution in [0.2, 0.25) is 4.34 Å². The first kappa shape index (κ1) is 14.4. The fourth-order valence-electron chi connectivity index (χ4n) is 2.17. The molecule has 0 aliphatic carbocycles. The number of halogens is 1. The molecule has 0 spiro atoms. The topological polar surface area (TPSA) is 38.8 Å². The Bertz CT molecular complexity index is 671. The number of carbonyl (C=O) groups is 1. The smallest absolute Gasteiger partial charge is 0.231 e. The number of carbonyl (C=O) groups excluding carboxylic acids is 1. The Labute approximate surface area is 131 Å². The van der Waals surface area contributed by atoms with Crippen LogP contribution in [0.5, 0.6) is 11.5 Å². The van der Waals surface area contributed by atoms with Crippen LogP contribution in [0, 0.1) is 0 Å². The number of Topliss-reactive ketones (excluding diaryl/α,β-unsaturated/α-hetero) is 1. The van der Waals surface area contributed by atoms with Gasteiger partial charge in [-0.2, -0.15) is 0 Å². The van der Waals surface area contributed by atoms with Crippen molar-refractivity contribution in [2.75, 3.05) is 20.4 Å². The van der Waals surface area contributed by atoms with Crippen LogP contribution >= 0.6 is 22.9 Å². The maximum absolute atomic E-state index is 12.3. The molecule has 3 rings (SSSR count). The Morgan fingerprint density at radius 2 is 2.10 bits per heavy atom. The number of rotatable bonds is 5. The van der Waals surface area contributed by atoms with Gasteiger partial charge in [-0.25, -0.2) is 0 Å². The van der Waals surface area contributed by atoms with Gasteiger partial charge < -0.3 is 9.47 Å². The molecule has 0 radical (unpaired) electrons. The van der Waals surface area contributed by atoms with Gasteiger partial charge in [-0.3, -0.25) is 9.69 Å². The van der Waals surface area contributed by atoms with E-state index < -0.39 is 0 Å². The molecule has 21 heavy (non-hydrogen) atoms. The van der Waals surface area contributed by atoms with Gasteiger partial charge in [0.15, 0.2) is 17.3 Å². The van der Waals surface area contributed by atoms with Crippen LogP contribution in [-0.2, 0) is 6.54 Å². The normalized spacial score (nSPS) is 12.9. The molecule has 0 saturated carbocycles. The summed E-state index contributed by atoms with van der Waals surface area (Å²) in [6.07, 6.45) is 0. The van der Waals surface area contributed by atoms with Gasteiger partial charge in [0, 0.05) is 17.0 Å². The van der Waals surface area contributed by atoms with Crippen LogP contribution in [0.3, 0.4) is 0 Å².